The van der Waals surface area contributed by atoms with E-state index in [1.54, 1.807) is 10.7 Å². The maximum atomic E-state index is 12.9. The van der Waals surface area contributed by atoms with Crippen molar-refractivity contribution in [2.24, 2.45) is 5.92 Å². The molecule has 0 spiro atoms. The van der Waals surface area contributed by atoms with Gasteiger partial charge in [-0.3, -0.25) is 4.79 Å². The highest BCUT2D eigenvalue weighted by molar-refractivity contribution is 5.91. The zero-order chi connectivity index (χ0) is 15.8. The highest BCUT2D eigenvalue weighted by atomic mass is 16.2. The van der Waals surface area contributed by atoms with Crippen LogP contribution in [0.1, 0.15) is 61.3 Å². The van der Waals surface area contributed by atoms with Crippen LogP contribution in [0.5, 0.6) is 0 Å². The van der Waals surface area contributed by atoms with E-state index in [0.29, 0.717) is 17.7 Å². The molecule has 23 heavy (non-hydrogen) atoms. The number of hydrogen-bond acceptors (Lipinski definition) is 4. The van der Waals surface area contributed by atoms with Crippen molar-refractivity contribution in [3.63, 3.8) is 0 Å². The topological polar surface area (TPSA) is 63.4 Å². The lowest BCUT2D eigenvalue weighted by Gasteiger charge is -2.33. The molecule has 4 rings (SSSR count). The predicted octanol–water partition coefficient (Wildman–Crippen LogP) is 2.62. The second-order valence-electron chi connectivity index (χ2n) is 6.84. The third-order valence-corrected chi connectivity index (χ3v) is 5.38. The first-order valence-electron chi connectivity index (χ1n) is 8.73. The van der Waals surface area contributed by atoms with Crippen molar-refractivity contribution in [1.29, 1.82) is 0 Å². The summed E-state index contributed by atoms with van der Waals surface area (Å²) in [6.07, 6.45) is 10.4. The summed E-state index contributed by atoms with van der Waals surface area (Å²) in [6.45, 7) is 2.78. The standard InChI is InChI=1S/C17H23N5O/c1-12-9-10-18-17-19-15(20-22(12)17)16(23)21-11-5-8-14(21)13-6-3-2-4-7-13/h9-10,13-14H,2-8,11H2,1H3/t14-/m1/s1. The van der Waals surface area contributed by atoms with E-state index < -0.39 is 0 Å². The Morgan fingerprint density at radius 2 is 2.00 bits per heavy atom. The second kappa shape index (κ2) is 5.91. The third kappa shape index (κ3) is 2.60. The first-order chi connectivity index (χ1) is 11.2. The fraction of sp³-hybridized carbons (Fsp3) is 0.647. The largest absolute Gasteiger partial charge is 0.333 e. The molecule has 6 nitrogen and oxygen atoms in total. The number of aromatic nitrogens is 4. The molecule has 1 saturated heterocycles. The molecule has 2 fully saturated rings. The van der Waals surface area contributed by atoms with Crippen LogP contribution in [0.25, 0.3) is 5.78 Å². The first kappa shape index (κ1) is 14.6. The van der Waals surface area contributed by atoms with Gasteiger partial charge in [0.25, 0.3) is 11.7 Å². The minimum Gasteiger partial charge on any atom is -0.333 e. The Hall–Kier alpha value is -1.98. The van der Waals surface area contributed by atoms with Gasteiger partial charge in [-0.05, 0) is 44.6 Å². The van der Waals surface area contributed by atoms with Crippen LogP contribution in [0.15, 0.2) is 12.3 Å². The van der Waals surface area contributed by atoms with Gasteiger partial charge in [-0.1, -0.05) is 19.3 Å². The predicted molar refractivity (Wildman–Crippen MR) is 86.2 cm³/mol. The van der Waals surface area contributed by atoms with Crippen molar-refractivity contribution >= 4 is 11.7 Å². The molecule has 1 atom stereocenters. The lowest BCUT2D eigenvalue weighted by Crippen LogP contribution is -2.41. The maximum Gasteiger partial charge on any atom is 0.293 e. The smallest absolute Gasteiger partial charge is 0.293 e. The molecule has 0 bridgehead atoms. The third-order valence-electron chi connectivity index (χ3n) is 5.38. The average molecular weight is 313 g/mol. The Morgan fingerprint density at radius 3 is 2.78 bits per heavy atom. The molecule has 3 heterocycles. The molecule has 2 aliphatic rings. The number of hydrogen-bond donors (Lipinski definition) is 0. The van der Waals surface area contributed by atoms with Crippen LogP contribution in [0.3, 0.4) is 0 Å². The van der Waals surface area contributed by atoms with Gasteiger partial charge >= 0.3 is 0 Å². The van der Waals surface area contributed by atoms with Crippen LogP contribution >= 0.6 is 0 Å². The van der Waals surface area contributed by atoms with Crippen LogP contribution in [0, 0.1) is 12.8 Å². The molecular weight excluding hydrogens is 290 g/mol. The zero-order valence-electron chi connectivity index (χ0n) is 13.6. The van der Waals surface area contributed by atoms with Gasteiger partial charge in [0.15, 0.2) is 0 Å². The molecule has 1 saturated carbocycles. The van der Waals surface area contributed by atoms with Gasteiger partial charge in [-0.2, -0.15) is 4.98 Å². The van der Waals surface area contributed by atoms with Crippen molar-refractivity contribution in [1.82, 2.24) is 24.5 Å². The number of carbonyl (C=O) groups is 1. The van der Waals surface area contributed by atoms with Gasteiger partial charge in [0, 0.05) is 24.5 Å². The summed E-state index contributed by atoms with van der Waals surface area (Å²) >= 11 is 0. The fourth-order valence-corrected chi connectivity index (χ4v) is 4.18. The highest BCUT2D eigenvalue weighted by Gasteiger charge is 2.36. The molecule has 0 aromatic carbocycles. The maximum absolute atomic E-state index is 12.9. The normalized spacial score (nSPS) is 22.8. The van der Waals surface area contributed by atoms with E-state index in [4.69, 9.17) is 0 Å². The van der Waals surface area contributed by atoms with Crippen molar-refractivity contribution in [2.45, 2.75) is 57.9 Å². The zero-order valence-corrected chi connectivity index (χ0v) is 13.6. The molecule has 122 valence electrons. The average Bonchev–Trinajstić information content (AvgIpc) is 3.23. The van der Waals surface area contributed by atoms with E-state index in [1.165, 1.54) is 32.1 Å². The Morgan fingerprint density at radius 1 is 1.17 bits per heavy atom. The Kier molecular flexibility index (Phi) is 3.75. The lowest BCUT2D eigenvalue weighted by molar-refractivity contribution is 0.0649. The molecule has 0 radical (unpaired) electrons. The number of aryl methyl sites for hydroxylation is 1. The Labute approximate surface area is 135 Å². The minimum atomic E-state index is -0.0250. The molecule has 0 N–H and O–H groups in total. The van der Waals surface area contributed by atoms with Gasteiger partial charge in [-0.15, -0.1) is 5.10 Å². The van der Waals surface area contributed by atoms with Gasteiger partial charge in [0.1, 0.15) is 0 Å². The molecule has 2 aromatic heterocycles. The summed E-state index contributed by atoms with van der Waals surface area (Å²) in [5.74, 6) is 1.42. The van der Waals surface area contributed by atoms with Crippen molar-refractivity contribution < 1.29 is 4.79 Å². The van der Waals surface area contributed by atoms with Gasteiger partial charge in [-0.25, -0.2) is 9.50 Å². The van der Waals surface area contributed by atoms with Crippen LogP contribution in [0.2, 0.25) is 0 Å². The summed E-state index contributed by atoms with van der Waals surface area (Å²) in [5.41, 5.74) is 0.937. The van der Waals surface area contributed by atoms with E-state index in [0.717, 1.165) is 25.1 Å². The Balaban J connectivity index is 1.60. The summed E-state index contributed by atoms with van der Waals surface area (Å²) in [4.78, 5) is 23.5. The Bertz CT molecular complexity index is 719. The summed E-state index contributed by atoms with van der Waals surface area (Å²) in [6, 6.07) is 2.25. The number of likely N-dealkylation sites (tertiary alicyclic amines) is 1. The van der Waals surface area contributed by atoms with E-state index in [9.17, 15) is 4.79 Å². The lowest BCUT2D eigenvalue weighted by atomic mass is 9.83. The SMILES string of the molecule is Cc1ccnc2nc(C(=O)N3CCC[C@@H]3C3CCCCC3)nn12. The molecule has 1 amide bonds. The van der Waals surface area contributed by atoms with E-state index in [-0.39, 0.29) is 11.7 Å². The van der Waals surface area contributed by atoms with Crippen LogP contribution in [-0.4, -0.2) is 43.0 Å². The number of fused-ring (bicyclic) bond motifs is 1. The van der Waals surface area contributed by atoms with E-state index >= 15 is 0 Å². The number of nitrogens with zero attached hydrogens (tertiary/aromatic N) is 5. The van der Waals surface area contributed by atoms with Crippen molar-refractivity contribution in [2.75, 3.05) is 6.54 Å². The summed E-state index contributed by atoms with van der Waals surface area (Å²) in [7, 11) is 0. The van der Waals surface area contributed by atoms with Crippen molar-refractivity contribution in [3.05, 3.63) is 23.8 Å². The van der Waals surface area contributed by atoms with Gasteiger partial charge < -0.3 is 4.90 Å². The van der Waals surface area contributed by atoms with Gasteiger partial charge in [0.2, 0.25) is 5.82 Å². The van der Waals surface area contributed by atoms with Gasteiger partial charge in [0.05, 0.1) is 0 Å². The van der Waals surface area contributed by atoms with Crippen LogP contribution in [0.4, 0.5) is 0 Å². The van der Waals surface area contributed by atoms with Crippen LogP contribution < -0.4 is 0 Å². The van der Waals surface area contributed by atoms with Crippen molar-refractivity contribution in [3.8, 4) is 0 Å². The van der Waals surface area contributed by atoms with E-state index in [1.807, 2.05) is 17.9 Å². The molecule has 1 aliphatic carbocycles. The number of amides is 1. The van der Waals surface area contributed by atoms with E-state index in [2.05, 4.69) is 15.1 Å². The molecule has 2 aromatic rings. The first-order valence-corrected chi connectivity index (χ1v) is 8.73. The number of carbonyl (C=O) groups excluding carboxylic acids is 1. The highest BCUT2D eigenvalue weighted by Crippen LogP contribution is 2.34. The molecule has 6 heteroatoms. The fourth-order valence-electron chi connectivity index (χ4n) is 4.18. The molecular formula is C17H23N5O. The summed E-state index contributed by atoms with van der Waals surface area (Å²) < 4.78 is 1.65. The monoisotopic (exact) mass is 313 g/mol. The molecule has 1 aliphatic heterocycles. The summed E-state index contributed by atoms with van der Waals surface area (Å²) in [5, 5.41) is 4.39. The minimum absolute atomic E-state index is 0.0250. The van der Waals surface area contributed by atoms with Crippen LogP contribution in [-0.2, 0) is 0 Å². The quantitative estimate of drug-likeness (QED) is 0.855. The second-order valence-corrected chi connectivity index (χ2v) is 6.84. The number of rotatable bonds is 2. The molecule has 0 unspecified atom stereocenters.